The molecule has 144 valence electrons. The second-order valence-corrected chi connectivity index (χ2v) is 6.43. The molecule has 0 aromatic heterocycles. The molecule has 0 bridgehead atoms. The molecule has 0 fully saturated rings. The first-order valence-corrected chi connectivity index (χ1v) is 7.94. The highest BCUT2D eigenvalue weighted by Gasteiger charge is 2.31. The Kier molecular flexibility index (Phi) is 8.01. The number of aliphatic carboxylic acids is 1. The van der Waals surface area contributed by atoms with Crippen molar-refractivity contribution in [2.75, 3.05) is 13.2 Å². The van der Waals surface area contributed by atoms with Gasteiger partial charge in [-0.1, -0.05) is 30.3 Å². The van der Waals surface area contributed by atoms with Gasteiger partial charge >= 0.3 is 12.1 Å². The minimum atomic E-state index is -1.30. The van der Waals surface area contributed by atoms with Gasteiger partial charge in [0.25, 0.3) is 0 Å². The lowest BCUT2D eigenvalue weighted by Crippen LogP contribution is -2.50. The van der Waals surface area contributed by atoms with Gasteiger partial charge in [-0.25, -0.2) is 4.79 Å². The van der Waals surface area contributed by atoms with Crippen molar-refractivity contribution in [3.8, 4) is 0 Å². The molecule has 0 unspecified atom stereocenters. The molecule has 0 heterocycles. The highest BCUT2D eigenvalue weighted by atomic mass is 16.8. The van der Waals surface area contributed by atoms with E-state index in [-0.39, 0.29) is 6.54 Å². The molecule has 0 aliphatic carbocycles. The number of amides is 1. The number of aliphatic hydroxyl groups excluding tert-OH is 1. The summed E-state index contributed by atoms with van der Waals surface area (Å²) in [5, 5.41) is 21.3. The SMILES string of the molecule is CC(C)(C)OC(=O)ON(Cc1ccccc1)[C@@H](CO)C(=O)NCC(=O)O. The minimum Gasteiger partial charge on any atom is -0.480 e. The first-order valence-electron chi connectivity index (χ1n) is 7.94. The number of carbonyl (C=O) groups excluding carboxylic acids is 2. The Balaban J connectivity index is 2.94. The van der Waals surface area contributed by atoms with Crippen LogP contribution in [0.3, 0.4) is 0 Å². The number of benzene rings is 1. The summed E-state index contributed by atoms with van der Waals surface area (Å²) in [6.07, 6.45) is -1.04. The van der Waals surface area contributed by atoms with Crippen LogP contribution >= 0.6 is 0 Å². The minimum absolute atomic E-state index is 0.00813. The predicted molar refractivity (Wildman–Crippen MR) is 90.8 cm³/mol. The van der Waals surface area contributed by atoms with Crippen LogP contribution in [0.15, 0.2) is 30.3 Å². The summed E-state index contributed by atoms with van der Waals surface area (Å²) >= 11 is 0. The van der Waals surface area contributed by atoms with Gasteiger partial charge in [-0.2, -0.15) is 0 Å². The Morgan fingerprint density at radius 3 is 2.31 bits per heavy atom. The average molecular weight is 368 g/mol. The molecular formula is C17H24N2O7. The monoisotopic (exact) mass is 368 g/mol. The van der Waals surface area contributed by atoms with Crippen molar-refractivity contribution in [2.45, 2.75) is 39.0 Å². The van der Waals surface area contributed by atoms with Gasteiger partial charge in [-0.15, -0.1) is 5.06 Å². The number of nitrogens with one attached hydrogen (secondary N) is 1. The van der Waals surface area contributed by atoms with E-state index in [1.807, 2.05) is 0 Å². The van der Waals surface area contributed by atoms with Crippen LogP contribution in [0, 0.1) is 0 Å². The van der Waals surface area contributed by atoms with Gasteiger partial charge in [0.2, 0.25) is 5.91 Å². The van der Waals surface area contributed by atoms with Crippen LogP contribution in [-0.4, -0.2) is 58.1 Å². The van der Waals surface area contributed by atoms with E-state index < -0.39 is 42.8 Å². The van der Waals surface area contributed by atoms with Crippen molar-refractivity contribution in [3.05, 3.63) is 35.9 Å². The summed E-state index contributed by atoms with van der Waals surface area (Å²) in [5.41, 5.74) is -0.101. The summed E-state index contributed by atoms with van der Waals surface area (Å²) in [6.45, 7) is 3.63. The summed E-state index contributed by atoms with van der Waals surface area (Å²) in [4.78, 5) is 39.9. The number of carboxylic acid groups (broad SMARTS) is 1. The fourth-order valence-electron chi connectivity index (χ4n) is 1.92. The van der Waals surface area contributed by atoms with Gasteiger partial charge in [0.15, 0.2) is 0 Å². The predicted octanol–water partition coefficient (Wildman–Crippen LogP) is 0.917. The number of ether oxygens (including phenoxy) is 1. The van der Waals surface area contributed by atoms with E-state index in [1.54, 1.807) is 51.1 Å². The molecule has 26 heavy (non-hydrogen) atoms. The highest BCUT2D eigenvalue weighted by Crippen LogP contribution is 2.14. The van der Waals surface area contributed by atoms with Crippen LogP contribution in [0.4, 0.5) is 4.79 Å². The van der Waals surface area contributed by atoms with Crippen LogP contribution in [0.25, 0.3) is 0 Å². The standard InChI is InChI=1S/C17H24N2O7/c1-17(2,3)25-16(24)26-19(10-12-7-5-4-6-8-12)13(11-20)15(23)18-9-14(21)22/h4-8,13,20H,9-11H2,1-3H3,(H,18,23)(H,21,22)/t13-/m0/s1. The zero-order chi connectivity index (χ0) is 19.7. The van der Waals surface area contributed by atoms with Crippen LogP contribution in [-0.2, 0) is 25.7 Å². The van der Waals surface area contributed by atoms with Gasteiger partial charge in [0.1, 0.15) is 18.2 Å². The Bertz CT molecular complexity index is 613. The molecule has 9 nitrogen and oxygen atoms in total. The fourth-order valence-corrected chi connectivity index (χ4v) is 1.92. The number of hydrogen-bond donors (Lipinski definition) is 3. The maximum Gasteiger partial charge on any atom is 0.528 e. The third-order valence-corrected chi connectivity index (χ3v) is 3.00. The van der Waals surface area contributed by atoms with Crippen LogP contribution in [0.5, 0.6) is 0 Å². The summed E-state index contributed by atoms with van der Waals surface area (Å²) < 4.78 is 5.07. The number of hydrogen-bond acceptors (Lipinski definition) is 7. The molecule has 3 N–H and O–H groups in total. The van der Waals surface area contributed by atoms with Crippen molar-refractivity contribution in [2.24, 2.45) is 0 Å². The Hall–Kier alpha value is -2.65. The molecule has 0 saturated heterocycles. The van der Waals surface area contributed by atoms with E-state index >= 15 is 0 Å². The Labute approximate surface area is 151 Å². The van der Waals surface area contributed by atoms with Crippen molar-refractivity contribution < 1.29 is 34.2 Å². The zero-order valence-electron chi connectivity index (χ0n) is 15.0. The van der Waals surface area contributed by atoms with Gasteiger partial charge < -0.3 is 25.1 Å². The molecule has 1 atom stereocenters. The number of rotatable bonds is 8. The molecule has 0 radical (unpaired) electrons. The largest absolute Gasteiger partial charge is 0.528 e. The second kappa shape index (κ2) is 9.73. The maximum absolute atomic E-state index is 12.2. The Morgan fingerprint density at radius 1 is 1.19 bits per heavy atom. The number of aliphatic hydroxyl groups is 1. The molecule has 1 amide bonds. The zero-order valence-corrected chi connectivity index (χ0v) is 15.0. The molecule has 1 rings (SSSR count). The van der Waals surface area contributed by atoms with E-state index in [0.29, 0.717) is 5.56 Å². The van der Waals surface area contributed by atoms with Crippen molar-refractivity contribution >= 4 is 18.0 Å². The molecule has 0 spiro atoms. The number of carboxylic acids is 1. The molecular weight excluding hydrogens is 344 g/mol. The van der Waals surface area contributed by atoms with E-state index in [9.17, 15) is 19.5 Å². The van der Waals surface area contributed by atoms with E-state index in [1.165, 1.54) is 0 Å². The second-order valence-electron chi connectivity index (χ2n) is 6.43. The summed E-state index contributed by atoms with van der Waals surface area (Å²) in [7, 11) is 0. The molecule has 1 aromatic carbocycles. The number of hydroxylamine groups is 2. The van der Waals surface area contributed by atoms with E-state index in [2.05, 4.69) is 5.32 Å². The molecule has 9 heteroatoms. The highest BCUT2D eigenvalue weighted by molar-refractivity contribution is 5.85. The van der Waals surface area contributed by atoms with Gasteiger partial charge in [0.05, 0.1) is 13.2 Å². The van der Waals surface area contributed by atoms with Crippen molar-refractivity contribution in [1.29, 1.82) is 0 Å². The van der Waals surface area contributed by atoms with Crippen molar-refractivity contribution in [3.63, 3.8) is 0 Å². The van der Waals surface area contributed by atoms with E-state index in [0.717, 1.165) is 5.06 Å². The van der Waals surface area contributed by atoms with Crippen LogP contribution in [0.1, 0.15) is 26.3 Å². The van der Waals surface area contributed by atoms with Crippen LogP contribution in [0.2, 0.25) is 0 Å². The molecule has 0 aliphatic heterocycles. The Morgan fingerprint density at radius 2 is 1.81 bits per heavy atom. The lowest BCUT2D eigenvalue weighted by atomic mass is 10.2. The van der Waals surface area contributed by atoms with Gasteiger partial charge in [-0.05, 0) is 26.3 Å². The maximum atomic E-state index is 12.2. The molecule has 1 aromatic rings. The van der Waals surface area contributed by atoms with Gasteiger partial charge in [-0.3, -0.25) is 9.59 Å². The topological polar surface area (TPSA) is 125 Å². The van der Waals surface area contributed by atoms with Crippen LogP contribution < -0.4 is 5.32 Å². The first-order chi connectivity index (χ1) is 12.1. The molecule has 0 saturated carbocycles. The third-order valence-electron chi connectivity index (χ3n) is 3.00. The third kappa shape index (κ3) is 7.95. The first kappa shape index (κ1) is 21.4. The summed E-state index contributed by atoms with van der Waals surface area (Å²) in [6, 6.07) is 7.51. The van der Waals surface area contributed by atoms with E-state index in [4.69, 9.17) is 14.7 Å². The fraction of sp³-hybridized carbons (Fsp3) is 0.471. The van der Waals surface area contributed by atoms with Gasteiger partial charge in [0, 0.05) is 0 Å². The average Bonchev–Trinajstić information content (AvgIpc) is 2.52. The number of nitrogens with zero attached hydrogens (tertiary/aromatic N) is 1. The smallest absolute Gasteiger partial charge is 0.480 e. The quantitative estimate of drug-likeness (QED) is 0.457. The normalized spacial score (nSPS) is 12.3. The lowest BCUT2D eigenvalue weighted by molar-refractivity contribution is -0.184. The number of carbonyl (C=O) groups is 3. The van der Waals surface area contributed by atoms with Crippen molar-refractivity contribution in [1.82, 2.24) is 10.4 Å². The lowest BCUT2D eigenvalue weighted by Gasteiger charge is -2.29. The molecule has 0 aliphatic rings. The summed E-state index contributed by atoms with van der Waals surface area (Å²) in [5.74, 6) is -2.04.